The van der Waals surface area contributed by atoms with E-state index in [1.54, 1.807) is 14.2 Å². The van der Waals surface area contributed by atoms with Crippen LogP contribution >= 0.6 is 0 Å². The van der Waals surface area contributed by atoms with E-state index in [1.165, 1.54) is 68.0 Å². The maximum Gasteiger partial charge on any atom is 0.318 e. The molecule has 6 aliphatic heterocycles. The van der Waals surface area contributed by atoms with E-state index in [4.69, 9.17) is 53.9 Å². The fraction of sp³-hybridized carbons (Fsp3) is 0.507. The first-order chi connectivity index (χ1) is 44.6. The lowest BCUT2D eigenvalue weighted by Gasteiger charge is -2.36. The van der Waals surface area contributed by atoms with Crippen LogP contribution in [0.5, 0.6) is 17.8 Å². The first-order valence-electron chi connectivity index (χ1n) is 33.5. The van der Waals surface area contributed by atoms with E-state index in [2.05, 4.69) is 159 Å². The Morgan fingerprint density at radius 3 is 1.67 bits per heavy atom. The van der Waals surface area contributed by atoms with Gasteiger partial charge in [0, 0.05) is 97.3 Å². The lowest BCUT2D eigenvalue weighted by atomic mass is 9.94. The Balaban J connectivity index is 0.650. The van der Waals surface area contributed by atoms with Crippen LogP contribution in [-0.2, 0) is 37.2 Å². The number of anilines is 4. The maximum absolute atomic E-state index is 6.53. The van der Waals surface area contributed by atoms with E-state index in [1.807, 2.05) is 0 Å². The van der Waals surface area contributed by atoms with Crippen molar-refractivity contribution < 1.29 is 18.9 Å². The predicted molar refractivity (Wildman–Crippen MR) is 363 cm³/mol. The van der Waals surface area contributed by atoms with E-state index in [0.29, 0.717) is 63.6 Å². The number of piperidine rings is 2. The molecule has 0 radical (unpaired) electrons. The van der Waals surface area contributed by atoms with Crippen LogP contribution in [0, 0.1) is 13.8 Å². The van der Waals surface area contributed by atoms with Gasteiger partial charge < -0.3 is 48.3 Å². The summed E-state index contributed by atoms with van der Waals surface area (Å²) in [6.07, 6.45) is 12.0. The summed E-state index contributed by atoms with van der Waals surface area (Å²) in [5.41, 5.74) is 12.7. The van der Waals surface area contributed by atoms with Gasteiger partial charge in [0.25, 0.3) is 0 Å². The number of benzene rings is 5. The number of aryl methyl sites for hydroxylation is 2. The summed E-state index contributed by atoms with van der Waals surface area (Å²) in [6.45, 7) is 15.4. The fourth-order valence-corrected chi connectivity index (χ4v) is 15.0. The Morgan fingerprint density at radius 1 is 0.560 bits per heavy atom. The molecule has 1 saturated carbocycles. The number of nitrogens with zero attached hydrogens (tertiary/aromatic N) is 14. The molecule has 8 heterocycles. The number of aromatic nitrogens is 4. The molecule has 0 amide bonds. The van der Waals surface area contributed by atoms with E-state index in [-0.39, 0.29) is 17.6 Å². The van der Waals surface area contributed by atoms with Gasteiger partial charge in [0.1, 0.15) is 30.6 Å². The number of likely N-dealkylation sites (N-methyl/N-ethyl adjacent to an activating group) is 2. The van der Waals surface area contributed by atoms with Gasteiger partial charge in [0.15, 0.2) is 0 Å². The van der Waals surface area contributed by atoms with Gasteiger partial charge in [-0.25, -0.2) is 20.0 Å². The van der Waals surface area contributed by atoms with Gasteiger partial charge in [-0.2, -0.15) is 19.9 Å². The summed E-state index contributed by atoms with van der Waals surface area (Å²) in [4.78, 5) is 54.6. The molecule has 2 aromatic heterocycles. The molecule has 18 heteroatoms. The van der Waals surface area contributed by atoms with Crippen LogP contribution in [0.2, 0.25) is 0 Å². The minimum absolute atomic E-state index is 0.108. The first-order valence-corrected chi connectivity index (χ1v) is 33.5. The Labute approximate surface area is 536 Å². The Morgan fingerprint density at radius 2 is 1.12 bits per heavy atom. The van der Waals surface area contributed by atoms with Gasteiger partial charge >= 0.3 is 12.0 Å². The van der Waals surface area contributed by atoms with Crippen molar-refractivity contribution in [2.75, 3.05) is 120 Å². The van der Waals surface area contributed by atoms with E-state index in [9.17, 15) is 0 Å². The van der Waals surface area contributed by atoms with Crippen LogP contribution in [0.15, 0.2) is 105 Å². The van der Waals surface area contributed by atoms with Crippen molar-refractivity contribution in [3.05, 3.63) is 124 Å². The molecule has 474 valence electrons. The van der Waals surface area contributed by atoms with Crippen molar-refractivity contribution in [3.8, 4) is 28.9 Å². The SMILES string of the molecule is COCC1(N=C=NC2CCN(c3nc(OC[C@@H]4CCCN4C)nc4c3CCN(c3cccc5cc(-c6ccc(OC)c(CN=C=NC7CCN(c8nc(OC[C@@H]9CCCN9C)nc9c8CCN(c8cccc%10cccc(C)c8%10)C9)CC7)c6)cc(C)c35)C4)CC2)CC1. The molecule has 18 nitrogen and oxygen atoms in total. The van der Waals surface area contributed by atoms with Crippen LogP contribution in [0.25, 0.3) is 32.7 Å². The lowest BCUT2D eigenvalue weighted by molar-refractivity contribution is 0.174. The van der Waals surface area contributed by atoms with Crippen molar-refractivity contribution >= 4 is 56.6 Å². The number of hydrogen-bond donors (Lipinski definition) is 0. The molecular formula is C73H88N14O4. The van der Waals surface area contributed by atoms with Gasteiger partial charge in [-0.3, -0.25) is 0 Å². The zero-order chi connectivity index (χ0) is 62.0. The average molecular weight is 1230 g/mol. The predicted octanol–water partition coefficient (Wildman–Crippen LogP) is 11.6. The van der Waals surface area contributed by atoms with Gasteiger partial charge in [0.05, 0.1) is 74.4 Å². The van der Waals surface area contributed by atoms with Crippen LogP contribution in [-0.4, -0.2) is 172 Å². The summed E-state index contributed by atoms with van der Waals surface area (Å²) in [6, 6.07) is 39.2. The molecule has 2 atom stereocenters. The number of ether oxygens (including phenoxy) is 4. The van der Waals surface area contributed by atoms with Crippen LogP contribution in [0.3, 0.4) is 0 Å². The van der Waals surface area contributed by atoms with E-state index < -0.39 is 0 Å². The number of fused-ring (bicyclic) bond motifs is 4. The monoisotopic (exact) mass is 1220 g/mol. The topological polar surface area (TPSA) is 157 Å². The molecule has 0 N–H and O–H groups in total. The smallest absolute Gasteiger partial charge is 0.318 e. The van der Waals surface area contributed by atoms with Crippen molar-refractivity contribution in [3.63, 3.8) is 0 Å². The summed E-state index contributed by atoms with van der Waals surface area (Å²) >= 11 is 0. The number of rotatable bonds is 19. The van der Waals surface area contributed by atoms with Gasteiger partial charge in [-0.1, -0.05) is 54.6 Å². The first kappa shape index (κ1) is 60.6. The number of hydrogen-bond acceptors (Lipinski definition) is 18. The number of likely N-dealkylation sites (tertiary alicyclic amines) is 2. The molecule has 5 fully saturated rings. The highest BCUT2D eigenvalue weighted by molar-refractivity contribution is 6.00. The quantitative estimate of drug-likeness (QED) is 0.0704. The molecule has 0 spiro atoms. The molecule has 1 aliphatic carbocycles. The Kier molecular flexibility index (Phi) is 17.8. The largest absolute Gasteiger partial charge is 0.496 e. The zero-order valence-electron chi connectivity index (χ0n) is 54.2. The minimum atomic E-state index is -0.108. The third kappa shape index (κ3) is 13.1. The molecule has 0 unspecified atom stereocenters. The van der Waals surface area contributed by atoms with Crippen molar-refractivity contribution in [1.82, 2.24) is 29.7 Å². The molecule has 14 rings (SSSR count). The summed E-state index contributed by atoms with van der Waals surface area (Å²) < 4.78 is 24.3. The molecule has 0 bridgehead atoms. The summed E-state index contributed by atoms with van der Waals surface area (Å²) in [5, 5.41) is 5.02. The van der Waals surface area contributed by atoms with Crippen molar-refractivity contribution in [2.45, 2.75) is 140 Å². The maximum atomic E-state index is 6.53. The molecule has 4 saturated heterocycles. The summed E-state index contributed by atoms with van der Waals surface area (Å²) in [5.74, 6) is 2.83. The Bertz CT molecular complexity index is 3930. The lowest BCUT2D eigenvalue weighted by Crippen LogP contribution is -2.39. The van der Waals surface area contributed by atoms with Crippen LogP contribution in [0.4, 0.5) is 23.0 Å². The molecule has 91 heavy (non-hydrogen) atoms. The third-order valence-corrected chi connectivity index (χ3v) is 20.6. The van der Waals surface area contributed by atoms with Gasteiger partial charge in [0.2, 0.25) is 0 Å². The van der Waals surface area contributed by atoms with Crippen LogP contribution in [0.1, 0.15) is 103 Å². The highest BCUT2D eigenvalue weighted by atomic mass is 16.5. The number of aliphatic imine (C=N–C) groups is 4. The second-order valence-corrected chi connectivity index (χ2v) is 26.7. The van der Waals surface area contributed by atoms with Crippen molar-refractivity contribution in [2.24, 2.45) is 20.0 Å². The molecule has 7 aromatic rings. The number of methoxy groups -OCH3 is 2. The second-order valence-electron chi connectivity index (χ2n) is 26.7. The van der Waals surface area contributed by atoms with E-state index >= 15 is 0 Å². The zero-order valence-corrected chi connectivity index (χ0v) is 54.2. The third-order valence-electron chi connectivity index (χ3n) is 20.6. The average Bonchev–Trinajstić information content (AvgIpc) is 1.93. The Hall–Kier alpha value is -7.98. The normalized spacial score (nSPS) is 20.3. The standard InChI is InChI=1S/C73H88N14O4/c1-49-12-7-13-51-14-8-18-64(67(49)51)86-36-26-60-62(42-86)78-71(90-44-58-16-10-30-82(58)3)80-69(60)84-32-22-56(23-33-84)75-47-74-41-55-39-52(20-21-66(55)89-6)54-38-50(2)68-53(40-54)15-9-19-65(68)87-37-27-61-63(43-87)79-72(91-45-59-17-11-31-83(59)4)81-70(61)85-34-24-57(25-35-85)76-48-77-73(28-29-73)46-88-5/h7-9,12-15,18-21,38-40,56-59H,10-11,16-17,22-37,41-46H2,1-6H3/t58-,59-/m0/s1. The molecular weight excluding hydrogens is 1140 g/mol. The molecule has 7 aliphatic rings. The van der Waals surface area contributed by atoms with Gasteiger partial charge in [-0.05, 0) is 181 Å². The second kappa shape index (κ2) is 26.7. The van der Waals surface area contributed by atoms with Crippen molar-refractivity contribution in [1.29, 1.82) is 0 Å². The van der Waals surface area contributed by atoms with Gasteiger partial charge in [-0.15, -0.1) is 0 Å². The fourth-order valence-electron chi connectivity index (χ4n) is 15.0. The summed E-state index contributed by atoms with van der Waals surface area (Å²) in [7, 11) is 7.84. The minimum Gasteiger partial charge on any atom is -0.496 e. The highest BCUT2D eigenvalue weighted by Crippen LogP contribution is 2.42. The van der Waals surface area contributed by atoms with Crippen LogP contribution < -0.4 is 33.8 Å². The van der Waals surface area contributed by atoms with E-state index in [0.717, 1.165) is 162 Å². The highest BCUT2D eigenvalue weighted by Gasteiger charge is 2.43. The molecule has 5 aromatic carbocycles.